The molecule has 1 aliphatic carbocycles. The van der Waals surface area contributed by atoms with E-state index in [0.29, 0.717) is 19.3 Å². The van der Waals surface area contributed by atoms with Crippen LogP contribution < -0.4 is 0 Å². The Morgan fingerprint density at radius 1 is 1.26 bits per heavy atom. The number of aliphatic carboxylic acids is 1. The van der Waals surface area contributed by atoms with Crippen LogP contribution in [-0.4, -0.2) is 33.9 Å². The van der Waals surface area contributed by atoms with Crippen molar-refractivity contribution in [1.29, 1.82) is 0 Å². The van der Waals surface area contributed by atoms with Crippen molar-refractivity contribution < 1.29 is 24.6 Å². The van der Waals surface area contributed by atoms with E-state index in [1.54, 1.807) is 12.2 Å². The number of aliphatic hydroxyl groups is 1. The third-order valence-corrected chi connectivity index (χ3v) is 5.48. The predicted octanol–water partition coefficient (Wildman–Crippen LogP) is 3.95. The summed E-state index contributed by atoms with van der Waals surface area (Å²) in [7, 11) is 0. The van der Waals surface area contributed by atoms with Crippen LogP contribution in [0.4, 0.5) is 0 Å². The number of carbonyl (C=O) groups excluding carboxylic acids is 2. The van der Waals surface area contributed by atoms with Gasteiger partial charge in [0.25, 0.3) is 0 Å². The fourth-order valence-corrected chi connectivity index (χ4v) is 3.97. The molecule has 0 aromatic carbocycles. The van der Waals surface area contributed by atoms with E-state index < -0.39 is 35.7 Å². The number of hydrogen-bond donors (Lipinski definition) is 2. The number of ketones is 2. The molecule has 1 aliphatic rings. The molecule has 1 fully saturated rings. The van der Waals surface area contributed by atoms with Gasteiger partial charge in [-0.3, -0.25) is 14.4 Å². The zero-order valence-electron chi connectivity index (χ0n) is 16.8. The molecule has 5 nitrogen and oxygen atoms in total. The molecule has 1 saturated carbocycles. The van der Waals surface area contributed by atoms with E-state index in [9.17, 15) is 24.6 Å². The fourth-order valence-electron chi connectivity index (χ4n) is 3.97. The lowest BCUT2D eigenvalue weighted by Crippen LogP contribution is -2.32. The quantitative estimate of drug-likeness (QED) is 0.396. The van der Waals surface area contributed by atoms with Gasteiger partial charge in [-0.25, -0.2) is 0 Å². The zero-order valence-corrected chi connectivity index (χ0v) is 16.8. The Morgan fingerprint density at radius 3 is 2.52 bits per heavy atom. The molecule has 27 heavy (non-hydrogen) atoms. The van der Waals surface area contributed by atoms with Crippen molar-refractivity contribution in [1.82, 2.24) is 0 Å². The summed E-state index contributed by atoms with van der Waals surface area (Å²) in [5.41, 5.74) is 0. The number of rotatable bonds is 12. The molecule has 2 N–H and O–H groups in total. The second-order valence-corrected chi connectivity index (χ2v) is 7.53. The molecule has 0 bridgehead atoms. The van der Waals surface area contributed by atoms with Crippen LogP contribution in [0.25, 0.3) is 0 Å². The van der Waals surface area contributed by atoms with Crippen LogP contribution in [0.15, 0.2) is 24.3 Å². The minimum Gasteiger partial charge on any atom is -0.481 e. The molecule has 5 heteroatoms. The van der Waals surface area contributed by atoms with Crippen molar-refractivity contribution in [2.75, 3.05) is 0 Å². The van der Waals surface area contributed by atoms with Crippen molar-refractivity contribution in [2.24, 2.45) is 23.7 Å². The van der Waals surface area contributed by atoms with Crippen molar-refractivity contribution in [2.45, 2.75) is 71.8 Å². The maximum Gasteiger partial charge on any atom is 0.307 e. The first-order valence-corrected chi connectivity index (χ1v) is 10.1. The Balaban J connectivity index is 3.01. The average Bonchev–Trinajstić information content (AvgIpc) is 2.93. The smallest absolute Gasteiger partial charge is 0.307 e. The number of carbonyl (C=O) groups is 3. The number of carboxylic acid groups (broad SMARTS) is 1. The van der Waals surface area contributed by atoms with Crippen LogP contribution in [0.2, 0.25) is 0 Å². The molecule has 0 radical (unpaired) electrons. The lowest BCUT2D eigenvalue weighted by Gasteiger charge is -2.25. The van der Waals surface area contributed by atoms with E-state index in [1.807, 2.05) is 19.1 Å². The lowest BCUT2D eigenvalue weighted by atomic mass is 9.77. The highest BCUT2D eigenvalue weighted by atomic mass is 16.4. The van der Waals surface area contributed by atoms with E-state index in [0.717, 1.165) is 19.3 Å². The highest BCUT2D eigenvalue weighted by molar-refractivity contribution is 5.95. The van der Waals surface area contributed by atoms with E-state index in [-0.39, 0.29) is 18.0 Å². The largest absolute Gasteiger partial charge is 0.481 e. The molecule has 0 saturated heterocycles. The fraction of sp³-hybridized carbons (Fsp3) is 0.682. The van der Waals surface area contributed by atoms with Crippen LogP contribution in [-0.2, 0) is 14.4 Å². The number of Topliss-reactive ketones (excluding diaryl/α,β-unsaturated/α-hetero) is 2. The van der Waals surface area contributed by atoms with Crippen molar-refractivity contribution >= 4 is 17.5 Å². The van der Waals surface area contributed by atoms with Crippen LogP contribution in [0.3, 0.4) is 0 Å². The maximum atomic E-state index is 12.6. The van der Waals surface area contributed by atoms with Gasteiger partial charge < -0.3 is 10.2 Å². The summed E-state index contributed by atoms with van der Waals surface area (Å²) in [6.07, 6.45) is 11.2. The van der Waals surface area contributed by atoms with Gasteiger partial charge in [-0.1, -0.05) is 50.5 Å². The summed E-state index contributed by atoms with van der Waals surface area (Å²) < 4.78 is 0. The van der Waals surface area contributed by atoms with Gasteiger partial charge in [0.15, 0.2) is 0 Å². The van der Waals surface area contributed by atoms with Crippen molar-refractivity contribution in [3.8, 4) is 0 Å². The summed E-state index contributed by atoms with van der Waals surface area (Å²) in [4.78, 5) is 36.5. The molecule has 5 unspecified atom stereocenters. The summed E-state index contributed by atoms with van der Waals surface area (Å²) in [5, 5.41) is 19.8. The van der Waals surface area contributed by atoms with Crippen molar-refractivity contribution in [3.63, 3.8) is 0 Å². The molecule has 5 atom stereocenters. The summed E-state index contributed by atoms with van der Waals surface area (Å²) in [5.74, 6) is -3.72. The van der Waals surface area contributed by atoms with E-state index in [1.165, 1.54) is 6.92 Å². The Morgan fingerprint density at radius 2 is 1.96 bits per heavy atom. The first kappa shape index (κ1) is 23.3. The number of hydrogen-bond acceptors (Lipinski definition) is 4. The zero-order chi connectivity index (χ0) is 20.4. The molecule has 1 rings (SSSR count). The molecular weight excluding hydrogens is 344 g/mol. The van der Waals surface area contributed by atoms with Gasteiger partial charge in [-0.15, -0.1) is 0 Å². The molecule has 0 aliphatic heterocycles. The monoisotopic (exact) mass is 378 g/mol. The lowest BCUT2D eigenvalue weighted by molar-refractivity contribution is -0.147. The Kier molecular flexibility index (Phi) is 10.2. The molecule has 152 valence electrons. The Bertz CT molecular complexity index is 563. The maximum absolute atomic E-state index is 12.6. The molecule has 0 spiro atoms. The topological polar surface area (TPSA) is 91.7 Å². The average molecular weight is 379 g/mol. The summed E-state index contributed by atoms with van der Waals surface area (Å²) in [6.45, 7) is 5.41. The summed E-state index contributed by atoms with van der Waals surface area (Å²) >= 11 is 0. The molecule has 0 aromatic rings. The van der Waals surface area contributed by atoms with Gasteiger partial charge >= 0.3 is 5.97 Å². The highest BCUT2D eigenvalue weighted by Gasteiger charge is 2.48. The van der Waals surface area contributed by atoms with E-state index in [4.69, 9.17) is 0 Å². The minimum atomic E-state index is -0.996. The third-order valence-electron chi connectivity index (χ3n) is 5.48. The SMILES string of the molecule is C/C=C/CCC(C(=O)O)C1C(=O)CC(C(C)=O)C1/C=C/C(O)CCCCC. The summed E-state index contributed by atoms with van der Waals surface area (Å²) in [6, 6.07) is 0. The molecular formula is C22H34O5. The van der Waals surface area contributed by atoms with Crippen molar-refractivity contribution in [3.05, 3.63) is 24.3 Å². The highest BCUT2D eigenvalue weighted by Crippen LogP contribution is 2.42. The Hall–Kier alpha value is -1.75. The number of unbranched alkanes of at least 4 members (excludes halogenated alkanes) is 2. The number of aliphatic hydroxyl groups excluding tert-OH is 1. The molecule has 0 amide bonds. The van der Waals surface area contributed by atoms with Crippen LogP contribution in [0, 0.1) is 23.7 Å². The van der Waals surface area contributed by atoms with Crippen LogP contribution >= 0.6 is 0 Å². The van der Waals surface area contributed by atoms with Gasteiger partial charge in [0.05, 0.1) is 12.0 Å². The Labute approximate surface area is 162 Å². The van der Waals surface area contributed by atoms with Crippen LogP contribution in [0.5, 0.6) is 0 Å². The molecule has 0 heterocycles. The second-order valence-electron chi connectivity index (χ2n) is 7.53. The number of carboxylic acids is 1. The van der Waals surface area contributed by atoms with Gasteiger partial charge in [-0.2, -0.15) is 0 Å². The predicted molar refractivity (Wildman–Crippen MR) is 105 cm³/mol. The minimum absolute atomic E-state index is 0.0916. The van der Waals surface area contributed by atoms with Gasteiger partial charge in [0.1, 0.15) is 11.6 Å². The van der Waals surface area contributed by atoms with E-state index >= 15 is 0 Å². The number of allylic oxidation sites excluding steroid dienone is 3. The molecule has 0 aromatic heterocycles. The second kappa shape index (κ2) is 11.9. The normalized spacial score (nSPS) is 25.3. The van der Waals surface area contributed by atoms with E-state index in [2.05, 4.69) is 6.92 Å². The van der Waals surface area contributed by atoms with Gasteiger partial charge in [-0.05, 0) is 39.0 Å². The third kappa shape index (κ3) is 7.06. The van der Waals surface area contributed by atoms with Crippen LogP contribution in [0.1, 0.15) is 65.7 Å². The standard InChI is InChI=1S/C22H34O5/c1-4-6-8-10-16(24)12-13-17-19(15(3)23)14-20(25)21(17)18(22(26)27)11-9-7-5-2/h5,7,12-13,16-19,21,24H,4,6,8-11,14H2,1-3H3,(H,26,27)/b7-5+,13-12+. The van der Waals surface area contributed by atoms with Gasteiger partial charge in [0.2, 0.25) is 0 Å². The first-order chi connectivity index (χ1) is 12.8. The van der Waals surface area contributed by atoms with Gasteiger partial charge in [0, 0.05) is 18.3 Å². The first-order valence-electron chi connectivity index (χ1n) is 10.1.